The van der Waals surface area contributed by atoms with E-state index in [1.54, 1.807) is 37.0 Å². The number of hydrogen-bond acceptors (Lipinski definition) is 10. The molecule has 1 aromatic carbocycles. The molecule has 2 aromatic heterocycles. The number of nitrogens with zero attached hydrogens (tertiary/aromatic N) is 7. The lowest BCUT2D eigenvalue weighted by molar-refractivity contribution is -0.139. The van der Waals surface area contributed by atoms with Crippen molar-refractivity contribution >= 4 is 11.9 Å². The van der Waals surface area contributed by atoms with Gasteiger partial charge in [0.25, 0.3) is 0 Å². The summed E-state index contributed by atoms with van der Waals surface area (Å²) >= 11 is 0. The predicted molar refractivity (Wildman–Crippen MR) is 120 cm³/mol. The number of hydrogen-bond donors (Lipinski definition) is 2. The van der Waals surface area contributed by atoms with E-state index in [0.29, 0.717) is 5.75 Å². The van der Waals surface area contributed by atoms with Crippen LogP contribution in [-0.2, 0) is 19.1 Å². The van der Waals surface area contributed by atoms with Gasteiger partial charge in [-0.3, -0.25) is 9.59 Å². The number of amides is 1. The van der Waals surface area contributed by atoms with Gasteiger partial charge in [-0.05, 0) is 40.1 Å². The van der Waals surface area contributed by atoms with Crippen molar-refractivity contribution in [1.29, 1.82) is 0 Å². The summed E-state index contributed by atoms with van der Waals surface area (Å²) in [6, 6.07) is 6.68. The van der Waals surface area contributed by atoms with Crippen molar-refractivity contribution in [1.82, 2.24) is 40.3 Å². The summed E-state index contributed by atoms with van der Waals surface area (Å²) in [6.45, 7) is 4.04. The molecular weight excluding hydrogens is 472 g/mol. The lowest BCUT2D eigenvalue weighted by Gasteiger charge is -2.24. The number of aromatic nitrogens is 7. The zero-order valence-corrected chi connectivity index (χ0v) is 19.7. The first-order valence-corrected chi connectivity index (χ1v) is 11.4. The Labute approximate surface area is 205 Å². The molecule has 0 unspecified atom stereocenters. The van der Waals surface area contributed by atoms with E-state index in [-0.39, 0.29) is 62.3 Å². The highest BCUT2D eigenvalue weighted by Gasteiger charge is 2.50. The molecule has 14 heteroatoms. The molecule has 1 amide bonds. The first-order valence-electron chi connectivity index (χ1n) is 11.4. The van der Waals surface area contributed by atoms with Gasteiger partial charge in [-0.1, -0.05) is 18.9 Å². The number of carboxylic acids is 1. The van der Waals surface area contributed by atoms with Gasteiger partial charge in [0, 0.05) is 6.42 Å². The molecule has 4 atom stereocenters. The summed E-state index contributed by atoms with van der Waals surface area (Å²) < 4.78 is 21.0. The fraction of sp³-hybridized carbons (Fsp3) is 0.500. The second kappa shape index (κ2) is 9.62. The third-order valence-corrected chi connectivity index (χ3v) is 6.15. The fourth-order valence-electron chi connectivity index (χ4n) is 4.55. The normalized spacial score (nSPS) is 23.4. The largest absolute Gasteiger partial charge is 0.481 e. The number of carboxylic acid groups (broad SMARTS) is 1. The molecule has 2 fully saturated rings. The van der Waals surface area contributed by atoms with Crippen molar-refractivity contribution in [3.05, 3.63) is 36.9 Å². The van der Waals surface area contributed by atoms with Gasteiger partial charge in [-0.25, -0.2) is 9.67 Å². The van der Waals surface area contributed by atoms with E-state index in [9.17, 15) is 9.59 Å². The summed E-state index contributed by atoms with van der Waals surface area (Å²) in [6.07, 6.45) is 2.26. The predicted octanol–water partition coefficient (Wildman–Crippen LogP) is 0.761. The van der Waals surface area contributed by atoms with Crippen molar-refractivity contribution in [3.63, 3.8) is 0 Å². The highest BCUT2D eigenvalue weighted by Crippen LogP contribution is 2.36. The first kappa shape index (κ1) is 23.8. The lowest BCUT2D eigenvalue weighted by Crippen LogP contribution is -2.45. The molecule has 2 aliphatic heterocycles. The van der Waals surface area contributed by atoms with Crippen LogP contribution in [0.25, 0.3) is 5.69 Å². The molecular formula is C22H26N8O6. The number of carbonyl (C=O) groups is 2. The second-order valence-corrected chi connectivity index (χ2v) is 9.59. The molecule has 0 aliphatic carbocycles. The average molecular weight is 499 g/mol. The Hall–Kier alpha value is -3.91. The molecule has 2 N–H and O–H groups in total. The molecule has 0 saturated carbocycles. The number of benzene rings is 1. The Morgan fingerprint density at radius 3 is 2.67 bits per heavy atom. The Bertz CT molecular complexity index is 1210. The van der Waals surface area contributed by atoms with Crippen molar-refractivity contribution in [2.45, 2.75) is 51.0 Å². The van der Waals surface area contributed by atoms with Crippen LogP contribution >= 0.6 is 0 Å². The van der Waals surface area contributed by atoms with Gasteiger partial charge in [0.1, 0.15) is 36.7 Å². The molecule has 14 nitrogen and oxygen atoms in total. The van der Waals surface area contributed by atoms with Crippen molar-refractivity contribution in [3.8, 4) is 17.4 Å². The van der Waals surface area contributed by atoms with Crippen LogP contribution in [0.5, 0.6) is 11.8 Å². The molecule has 36 heavy (non-hydrogen) atoms. The molecule has 0 radical (unpaired) electrons. The maximum Gasteiger partial charge on any atom is 0.341 e. The van der Waals surface area contributed by atoms with Gasteiger partial charge in [-0.15, -0.1) is 0 Å². The van der Waals surface area contributed by atoms with Crippen LogP contribution in [0.4, 0.5) is 0 Å². The summed E-state index contributed by atoms with van der Waals surface area (Å²) in [4.78, 5) is 27.5. The zero-order valence-electron chi connectivity index (χ0n) is 19.7. The number of ether oxygens (including phenoxy) is 3. The van der Waals surface area contributed by atoms with Gasteiger partial charge in [0.05, 0.1) is 31.4 Å². The molecule has 0 spiro atoms. The lowest BCUT2D eigenvalue weighted by atomic mass is 9.85. The summed E-state index contributed by atoms with van der Waals surface area (Å²) in [5.41, 5.74) is 0.158. The molecule has 2 aliphatic rings. The van der Waals surface area contributed by atoms with Crippen LogP contribution in [0.2, 0.25) is 0 Å². The number of aliphatic carboxylic acids is 1. The number of rotatable bonds is 9. The van der Waals surface area contributed by atoms with E-state index in [1.807, 2.05) is 12.1 Å². The van der Waals surface area contributed by atoms with E-state index < -0.39 is 11.4 Å². The first-order chi connectivity index (χ1) is 17.3. The average Bonchev–Trinajstić information content (AvgIpc) is 3.60. The van der Waals surface area contributed by atoms with E-state index in [2.05, 4.69) is 30.9 Å². The number of carbonyl (C=O) groups excluding carboxylic acids is 1. The highest BCUT2D eigenvalue weighted by atomic mass is 16.6. The molecule has 190 valence electrons. The molecule has 3 aromatic rings. The van der Waals surface area contributed by atoms with Crippen LogP contribution in [0.1, 0.15) is 32.7 Å². The molecule has 5 rings (SSSR count). The van der Waals surface area contributed by atoms with Gasteiger partial charge in [0.15, 0.2) is 0 Å². The minimum atomic E-state index is -0.940. The van der Waals surface area contributed by atoms with Crippen molar-refractivity contribution in [2.75, 3.05) is 13.2 Å². The third kappa shape index (κ3) is 5.04. The highest BCUT2D eigenvalue weighted by molar-refractivity contribution is 5.78. The maximum absolute atomic E-state index is 12.6. The zero-order chi connectivity index (χ0) is 25.3. The van der Waals surface area contributed by atoms with Crippen LogP contribution in [0.15, 0.2) is 36.9 Å². The summed E-state index contributed by atoms with van der Waals surface area (Å²) in [5.74, 6) is -0.653. The second-order valence-electron chi connectivity index (χ2n) is 9.59. The topological polar surface area (TPSA) is 168 Å². The fourth-order valence-corrected chi connectivity index (χ4v) is 4.55. The SMILES string of the molecule is CC(C)(CC(=O)O)CC(=O)N[C@@H]1CO[C@@H]2[C@@H]1OC[C@@H]2n1nnnc1Oc1ccc(-n2cncn2)cc1. The van der Waals surface area contributed by atoms with Crippen molar-refractivity contribution < 1.29 is 28.9 Å². The standard InChI is InChI=1S/C22H26N8O6/c1-22(2,8-18(32)33)7-17(31)25-15-9-34-20-16(10-35-19(15)20)30-21(26-27-28-30)36-14-5-3-13(4-6-14)29-12-23-11-24-29/h3-6,11-12,15-16,19-20H,7-10H2,1-2H3,(H,25,31)(H,32,33)/t15-,16+,19-,20+/m1/s1. The van der Waals surface area contributed by atoms with E-state index in [0.717, 1.165) is 5.69 Å². The summed E-state index contributed by atoms with van der Waals surface area (Å²) in [5, 5.41) is 27.9. The van der Waals surface area contributed by atoms with Gasteiger partial charge >= 0.3 is 12.0 Å². The van der Waals surface area contributed by atoms with Gasteiger partial charge in [-0.2, -0.15) is 9.78 Å². The third-order valence-electron chi connectivity index (χ3n) is 6.15. The monoisotopic (exact) mass is 498 g/mol. The molecule has 4 heterocycles. The Morgan fingerprint density at radius 1 is 1.17 bits per heavy atom. The Morgan fingerprint density at radius 2 is 1.94 bits per heavy atom. The number of tetrazole rings is 1. The molecule has 2 saturated heterocycles. The molecule has 0 bridgehead atoms. The summed E-state index contributed by atoms with van der Waals surface area (Å²) in [7, 11) is 0. The smallest absolute Gasteiger partial charge is 0.341 e. The van der Waals surface area contributed by atoms with Crippen LogP contribution in [-0.4, -0.2) is 83.4 Å². The van der Waals surface area contributed by atoms with Crippen molar-refractivity contribution in [2.24, 2.45) is 5.41 Å². The van der Waals surface area contributed by atoms with Gasteiger partial charge < -0.3 is 24.6 Å². The van der Waals surface area contributed by atoms with Crippen LogP contribution < -0.4 is 10.1 Å². The number of nitrogens with one attached hydrogen (secondary N) is 1. The number of fused-ring (bicyclic) bond motifs is 1. The minimum absolute atomic E-state index is 0.0807. The van der Waals surface area contributed by atoms with E-state index >= 15 is 0 Å². The van der Waals surface area contributed by atoms with E-state index in [4.69, 9.17) is 19.3 Å². The minimum Gasteiger partial charge on any atom is -0.481 e. The van der Waals surface area contributed by atoms with Gasteiger partial charge in [0.2, 0.25) is 5.91 Å². The maximum atomic E-state index is 12.6. The van der Waals surface area contributed by atoms with E-state index in [1.165, 1.54) is 11.0 Å². The Balaban J connectivity index is 1.21. The Kier molecular flexibility index (Phi) is 6.36. The van der Waals surface area contributed by atoms with Crippen LogP contribution in [0, 0.1) is 5.41 Å². The van der Waals surface area contributed by atoms with Crippen LogP contribution in [0.3, 0.4) is 0 Å². The quantitative estimate of drug-likeness (QED) is 0.427.